The molecule has 0 amide bonds. The highest BCUT2D eigenvalue weighted by Crippen LogP contribution is 2.18. The van der Waals surface area contributed by atoms with E-state index < -0.39 is 10.0 Å². The first-order valence-electron chi connectivity index (χ1n) is 6.87. The lowest BCUT2D eigenvalue weighted by Gasteiger charge is -2.32. The number of likely N-dealkylation sites (tertiary alicyclic amines) is 1. The van der Waals surface area contributed by atoms with Crippen molar-refractivity contribution in [2.45, 2.75) is 30.3 Å². The van der Waals surface area contributed by atoms with Gasteiger partial charge in [-0.15, -0.1) is 0 Å². The van der Waals surface area contributed by atoms with E-state index in [1.807, 2.05) is 7.05 Å². The van der Waals surface area contributed by atoms with Crippen molar-refractivity contribution in [3.05, 3.63) is 18.3 Å². The fraction of sp³-hybridized carbons (Fsp3) is 0.615. The number of rotatable bonds is 5. The van der Waals surface area contributed by atoms with Crippen molar-refractivity contribution < 1.29 is 8.42 Å². The second-order valence-electron chi connectivity index (χ2n) is 5.09. The zero-order valence-electron chi connectivity index (χ0n) is 12.0. The highest BCUT2D eigenvalue weighted by molar-refractivity contribution is 7.89. The summed E-state index contributed by atoms with van der Waals surface area (Å²) < 4.78 is 27.3. The van der Waals surface area contributed by atoms with Gasteiger partial charge in [0.05, 0.1) is 5.69 Å². The minimum absolute atomic E-state index is 0.0564. The first-order valence-corrected chi connectivity index (χ1v) is 8.35. The Bertz CT molecular complexity index is 547. The average Bonchev–Trinajstić information content (AvgIpc) is 2.46. The van der Waals surface area contributed by atoms with E-state index in [2.05, 4.69) is 19.9 Å². The summed E-state index contributed by atoms with van der Waals surface area (Å²) in [5, 5.41) is 2.91. The quantitative estimate of drug-likeness (QED) is 0.844. The molecule has 2 heterocycles. The minimum atomic E-state index is -3.58. The molecule has 1 aromatic heterocycles. The molecule has 2 rings (SSSR count). The summed E-state index contributed by atoms with van der Waals surface area (Å²) in [6.45, 7) is 1.45. The molecule has 1 atom stereocenters. The van der Waals surface area contributed by atoms with Gasteiger partial charge in [0, 0.05) is 25.8 Å². The maximum absolute atomic E-state index is 12.3. The lowest BCUT2D eigenvalue weighted by molar-refractivity contribution is 0.187. The molecule has 0 aromatic carbocycles. The van der Waals surface area contributed by atoms with E-state index in [4.69, 9.17) is 0 Å². The van der Waals surface area contributed by atoms with Gasteiger partial charge in [-0.3, -0.25) is 0 Å². The normalized spacial score (nSPS) is 20.8. The summed E-state index contributed by atoms with van der Waals surface area (Å²) in [5.74, 6) is 0. The third-order valence-electron chi connectivity index (χ3n) is 3.73. The molecule has 0 radical (unpaired) electrons. The van der Waals surface area contributed by atoms with Gasteiger partial charge in [-0.05, 0) is 38.6 Å². The number of piperidine rings is 1. The second-order valence-corrected chi connectivity index (χ2v) is 6.77. The molecule has 1 aliphatic rings. The maximum Gasteiger partial charge on any atom is 0.260 e. The van der Waals surface area contributed by atoms with Crippen LogP contribution < -0.4 is 10.0 Å². The molecule has 2 N–H and O–H groups in total. The number of sulfonamides is 1. The number of aromatic nitrogens is 1. The molecule has 0 aliphatic carbocycles. The highest BCUT2D eigenvalue weighted by atomic mass is 32.2. The van der Waals surface area contributed by atoms with E-state index in [-0.39, 0.29) is 11.1 Å². The van der Waals surface area contributed by atoms with Crippen LogP contribution in [0.2, 0.25) is 0 Å². The minimum Gasteiger partial charge on any atom is -0.386 e. The molecule has 6 nitrogen and oxygen atoms in total. The molecule has 1 fully saturated rings. The van der Waals surface area contributed by atoms with Gasteiger partial charge >= 0.3 is 0 Å². The number of nitrogens with zero attached hydrogens (tertiary/aromatic N) is 2. The highest BCUT2D eigenvalue weighted by Gasteiger charge is 2.24. The van der Waals surface area contributed by atoms with Crippen molar-refractivity contribution in [1.29, 1.82) is 0 Å². The van der Waals surface area contributed by atoms with Gasteiger partial charge < -0.3 is 10.2 Å². The largest absolute Gasteiger partial charge is 0.386 e. The molecule has 1 aromatic rings. The molecule has 0 bridgehead atoms. The van der Waals surface area contributed by atoms with Crippen LogP contribution in [0, 0.1) is 0 Å². The van der Waals surface area contributed by atoms with Gasteiger partial charge in [-0.25, -0.2) is 18.1 Å². The molecule has 0 saturated carbocycles. The summed E-state index contributed by atoms with van der Waals surface area (Å²) in [5.41, 5.74) is 0.511. The third kappa shape index (κ3) is 3.47. The van der Waals surface area contributed by atoms with Gasteiger partial charge in [0.1, 0.15) is 0 Å². The average molecular weight is 298 g/mol. The van der Waals surface area contributed by atoms with Crippen LogP contribution in [-0.2, 0) is 10.0 Å². The van der Waals surface area contributed by atoms with E-state index in [0.717, 1.165) is 19.4 Å². The van der Waals surface area contributed by atoms with Crippen molar-refractivity contribution in [2.75, 3.05) is 32.5 Å². The van der Waals surface area contributed by atoms with Crippen molar-refractivity contribution in [2.24, 2.45) is 0 Å². The zero-order valence-corrected chi connectivity index (χ0v) is 12.8. The van der Waals surface area contributed by atoms with Crippen molar-refractivity contribution >= 4 is 15.7 Å². The Kier molecular flexibility index (Phi) is 4.95. The van der Waals surface area contributed by atoms with Crippen LogP contribution in [0.3, 0.4) is 0 Å². The van der Waals surface area contributed by atoms with E-state index in [1.54, 1.807) is 19.2 Å². The number of anilines is 1. The van der Waals surface area contributed by atoms with Crippen molar-refractivity contribution in [3.8, 4) is 0 Å². The first kappa shape index (κ1) is 15.2. The number of pyridine rings is 1. The molecule has 0 spiro atoms. The summed E-state index contributed by atoms with van der Waals surface area (Å²) >= 11 is 0. The summed E-state index contributed by atoms with van der Waals surface area (Å²) in [6, 6.07) is 3.67. The maximum atomic E-state index is 12.3. The van der Waals surface area contributed by atoms with Crippen molar-refractivity contribution in [1.82, 2.24) is 14.6 Å². The molecular weight excluding hydrogens is 276 g/mol. The van der Waals surface area contributed by atoms with Crippen molar-refractivity contribution in [3.63, 3.8) is 0 Å². The number of nitrogens with one attached hydrogen (secondary N) is 2. The number of hydrogen-bond donors (Lipinski definition) is 2. The van der Waals surface area contributed by atoms with Crippen LogP contribution in [0.1, 0.15) is 19.3 Å². The molecule has 1 saturated heterocycles. The van der Waals surface area contributed by atoms with Gasteiger partial charge in [0.2, 0.25) is 0 Å². The Balaban J connectivity index is 2.07. The van der Waals surface area contributed by atoms with Gasteiger partial charge in [-0.2, -0.15) is 0 Å². The first-order chi connectivity index (χ1) is 9.54. The third-order valence-corrected chi connectivity index (χ3v) is 5.11. The molecule has 112 valence electrons. The van der Waals surface area contributed by atoms with Crippen LogP contribution in [0.4, 0.5) is 5.69 Å². The molecular formula is C13H22N4O2S. The topological polar surface area (TPSA) is 74.3 Å². The van der Waals surface area contributed by atoms with Gasteiger partial charge in [0.15, 0.2) is 5.03 Å². The summed E-state index contributed by atoms with van der Waals surface area (Å²) in [4.78, 5) is 6.19. The fourth-order valence-electron chi connectivity index (χ4n) is 2.47. The smallest absolute Gasteiger partial charge is 0.260 e. The van der Waals surface area contributed by atoms with E-state index >= 15 is 0 Å². The van der Waals surface area contributed by atoms with Gasteiger partial charge in [0.25, 0.3) is 10.0 Å². The van der Waals surface area contributed by atoms with Crippen LogP contribution >= 0.6 is 0 Å². The Labute approximate surface area is 120 Å². The standard InChI is InChI=1S/C13H22N4O2S/c1-14-12-7-5-8-15-13(12)20(18,19)16-10-11-6-3-4-9-17(11)2/h5,7-8,11,14,16H,3-4,6,9-10H2,1-2H3. The Morgan fingerprint density at radius 1 is 1.45 bits per heavy atom. The predicted molar refractivity (Wildman–Crippen MR) is 79.2 cm³/mol. The Morgan fingerprint density at radius 3 is 2.95 bits per heavy atom. The summed E-state index contributed by atoms with van der Waals surface area (Å²) in [7, 11) is 0.149. The number of likely N-dealkylation sites (N-methyl/N-ethyl adjacent to an activating group) is 1. The van der Waals surface area contributed by atoms with Gasteiger partial charge in [-0.1, -0.05) is 6.42 Å². The molecule has 1 aliphatic heterocycles. The van der Waals surface area contributed by atoms with Crippen LogP contribution in [0.5, 0.6) is 0 Å². The van der Waals surface area contributed by atoms with E-state index in [0.29, 0.717) is 12.2 Å². The zero-order chi connectivity index (χ0) is 14.6. The Hall–Kier alpha value is -1.18. The number of hydrogen-bond acceptors (Lipinski definition) is 5. The van der Waals surface area contributed by atoms with E-state index in [9.17, 15) is 8.42 Å². The van der Waals surface area contributed by atoms with Crippen LogP contribution in [-0.4, -0.2) is 51.5 Å². The van der Waals surface area contributed by atoms with Crippen LogP contribution in [0.25, 0.3) is 0 Å². The van der Waals surface area contributed by atoms with Crippen LogP contribution in [0.15, 0.2) is 23.4 Å². The summed E-state index contributed by atoms with van der Waals surface area (Å²) in [6.07, 6.45) is 4.86. The molecule has 7 heteroatoms. The Morgan fingerprint density at radius 2 is 2.25 bits per heavy atom. The molecule has 20 heavy (non-hydrogen) atoms. The monoisotopic (exact) mass is 298 g/mol. The van der Waals surface area contributed by atoms with E-state index in [1.165, 1.54) is 12.6 Å². The molecule has 1 unspecified atom stereocenters. The second kappa shape index (κ2) is 6.51. The predicted octanol–water partition coefficient (Wildman–Crippen LogP) is 0.886. The fourth-order valence-corrected chi connectivity index (χ4v) is 3.68. The lowest BCUT2D eigenvalue weighted by atomic mass is 10.0. The SMILES string of the molecule is CNc1cccnc1S(=O)(=O)NCC1CCCCN1C. The lowest BCUT2D eigenvalue weighted by Crippen LogP contribution is -2.44.